The van der Waals surface area contributed by atoms with Crippen LogP contribution in [-0.2, 0) is 11.2 Å². The summed E-state index contributed by atoms with van der Waals surface area (Å²) < 4.78 is 0. The lowest BCUT2D eigenvalue weighted by Crippen LogP contribution is -2.16. The number of hydrogen-bond acceptors (Lipinski definition) is 5. The minimum absolute atomic E-state index is 0.00552. The molecule has 0 radical (unpaired) electrons. The molecule has 2 aromatic carbocycles. The molecule has 28 heavy (non-hydrogen) atoms. The molecule has 4 rings (SSSR count). The molecule has 8 heteroatoms. The van der Waals surface area contributed by atoms with Gasteiger partial charge in [0.25, 0.3) is 5.91 Å². The van der Waals surface area contributed by atoms with Crippen LogP contribution in [0.1, 0.15) is 16.1 Å². The molecular formula is C20H15N5O3. The number of aromatic nitrogens is 4. The van der Waals surface area contributed by atoms with Crippen LogP contribution >= 0.6 is 0 Å². The van der Waals surface area contributed by atoms with Gasteiger partial charge in [0, 0.05) is 5.56 Å². The molecule has 0 bridgehead atoms. The number of aromatic amines is 1. The predicted octanol–water partition coefficient (Wildman–Crippen LogP) is 2.90. The topological polar surface area (TPSA) is 121 Å². The third-order valence-corrected chi connectivity index (χ3v) is 4.14. The van der Waals surface area contributed by atoms with Crippen LogP contribution in [-0.4, -0.2) is 36.9 Å². The molecule has 0 saturated heterocycles. The molecule has 0 saturated carbocycles. The monoisotopic (exact) mass is 373 g/mol. The summed E-state index contributed by atoms with van der Waals surface area (Å²) in [6, 6.07) is 16.9. The molecule has 2 aromatic heterocycles. The lowest BCUT2D eigenvalue weighted by molar-refractivity contribution is -0.136. The molecule has 3 N–H and O–H groups in total. The van der Waals surface area contributed by atoms with E-state index in [1.54, 1.807) is 18.2 Å². The number of benzene rings is 2. The Kier molecular flexibility index (Phi) is 4.51. The first-order valence-electron chi connectivity index (χ1n) is 8.49. The molecule has 8 nitrogen and oxygen atoms in total. The van der Waals surface area contributed by atoms with Crippen LogP contribution in [0.4, 0.5) is 5.95 Å². The third kappa shape index (κ3) is 3.56. The first-order chi connectivity index (χ1) is 13.6. The summed E-state index contributed by atoms with van der Waals surface area (Å²) >= 11 is 0. The van der Waals surface area contributed by atoms with E-state index in [-0.39, 0.29) is 18.1 Å². The van der Waals surface area contributed by atoms with E-state index in [1.165, 1.54) is 6.33 Å². The number of hydrogen-bond donors (Lipinski definition) is 3. The fourth-order valence-corrected chi connectivity index (χ4v) is 2.86. The van der Waals surface area contributed by atoms with E-state index >= 15 is 0 Å². The summed E-state index contributed by atoms with van der Waals surface area (Å²) in [6.45, 7) is 0. The summed E-state index contributed by atoms with van der Waals surface area (Å²) in [7, 11) is 0. The van der Waals surface area contributed by atoms with Crippen molar-refractivity contribution in [1.29, 1.82) is 0 Å². The summed E-state index contributed by atoms with van der Waals surface area (Å²) in [6.07, 6.45) is 1.09. The molecule has 0 aliphatic carbocycles. The van der Waals surface area contributed by atoms with Gasteiger partial charge < -0.3 is 10.1 Å². The number of rotatable bonds is 5. The van der Waals surface area contributed by atoms with E-state index in [2.05, 4.69) is 25.3 Å². The average molecular weight is 373 g/mol. The Morgan fingerprint density at radius 3 is 2.57 bits per heavy atom. The fourth-order valence-electron chi connectivity index (χ4n) is 2.86. The highest BCUT2D eigenvalue weighted by atomic mass is 16.4. The Morgan fingerprint density at radius 2 is 1.79 bits per heavy atom. The quantitative estimate of drug-likeness (QED) is 0.495. The SMILES string of the molecule is O=C(O)Cc1nc(NC(=O)c2cccc(-c3ccccc3)c2)nc2nc[nH]c12. The number of carbonyl (C=O) groups excluding carboxylic acids is 1. The molecule has 0 spiro atoms. The highest BCUT2D eigenvalue weighted by Gasteiger charge is 2.15. The van der Waals surface area contributed by atoms with Crippen LogP contribution in [0.25, 0.3) is 22.3 Å². The largest absolute Gasteiger partial charge is 0.481 e. The maximum atomic E-state index is 12.7. The second kappa shape index (κ2) is 7.28. The number of aliphatic carboxylic acids is 1. The Hall–Kier alpha value is -4.07. The number of carboxylic acids is 1. The van der Waals surface area contributed by atoms with Crippen molar-refractivity contribution < 1.29 is 14.7 Å². The van der Waals surface area contributed by atoms with Gasteiger partial charge >= 0.3 is 5.97 Å². The molecular weight excluding hydrogens is 358 g/mol. The number of carbonyl (C=O) groups is 2. The summed E-state index contributed by atoms with van der Waals surface area (Å²) in [5.74, 6) is -1.43. The van der Waals surface area contributed by atoms with Gasteiger partial charge in [-0.15, -0.1) is 0 Å². The number of anilines is 1. The van der Waals surface area contributed by atoms with E-state index in [9.17, 15) is 9.59 Å². The van der Waals surface area contributed by atoms with Crippen molar-refractivity contribution in [3.63, 3.8) is 0 Å². The predicted molar refractivity (Wildman–Crippen MR) is 103 cm³/mol. The zero-order valence-electron chi connectivity index (χ0n) is 14.6. The Balaban J connectivity index is 1.63. The van der Waals surface area contributed by atoms with E-state index in [1.807, 2.05) is 36.4 Å². The first kappa shape index (κ1) is 17.3. The number of nitrogens with zero attached hydrogens (tertiary/aromatic N) is 3. The van der Waals surface area contributed by atoms with Crippen molar-refractivity contribution in [2.45, 2.75) is 6.42 Å². The van der Waals surface area contributed by atoms with Crippen molar-refractivity contribution >= 4 is 29.0 Å². The molecule has 2 heterocycles. The van der Waals surface area contributed by atoms with Gasteiger partial charge in [0.05, 0.1) is 18.4 Å². The van der Waals surface area contributed by atoms with Gasteiger partial charge in [-0.1, -0.05) is 42.5 Å². The fraction of sp³-hybridized carbons (Fsp3) is 0.0500. The molecule has 0 fully saturated rings. The highest BCUT2D eigenvalue weighted by molar-refractivity contribution is 6.04. The lowest BCUT2D eigenvalue weighted by atomic mass is 10.0. The molecule has 0 aliphatic rings. The number of carboxylic acid groups (broad SMARTS) is 1. The van der Waals surface area contributed by atoms with Crippen LogP contribution in [0.2, 0.25) is 0 Å². The van der Waals surface area contributed by atoms with Crippen molar-refractivity contribution in [2.75, 3.05) is 5.32 Å². The maximum absolute atomic E-state index is 12.7. The van der Waals surface area contributed by atoms with Crippen LogP contribution in [0.15, 0.2) is 60.9 Å². The molecule has 0 unspecified atom stereocenters. The Morgan fingerprint density at radius 1 is 1.00 bits per heavy atom. The van der Waals surface area contributed by atoms with Gasteiger partial charge in [-0.2, -0.15) is 4.98 Å². The molecule has 1 amide bonds. The van der Waals surface area contributed by atoms with Crippen molar-refractivity contribution in [1.82, 2.24) is 19.9 Å². The van der Waals surface area contributed by atoms with Crippen molar-refractivity contribution in [3.05, 3.63) is 72.2 Å². The number of amides is 1. The second-order valence-corrected chi connectivity index (χ2v) is 6.07. The zero-order valence-corrected chi connectivity index (χ0v) is 14.6. The minimum Gasteiger partial charge on any atom is -0.481 e. The van der Waals surface area contributed by atoms with Crippen molar-refractivity contribution in [2.24, 2.45) is 0 Å². The van der Waals surface area contributed by atoms with E-state index < -0.39 is 11.9 Å². The summed E-state index contributed by atoms with van der Waals surface area (Å²) in [4.78, 5) is 38.9. The number of H-pyrrole nitrogens is 1. The average Bonchev–Trinajstić information content (AvgIpc) is 3.17. The Bertz CT molecular complexity index is 1170. The number of imidazole rings is 1. The van der Waals surface area contributed by atoms with Crippen LogP contribution in [0, 0.1) is 0 Å². The second-order valence-electron chi connectivity index (χ2n) is 6.07. The van der Waals surface area contributed by atoms with Gasteiger partial charge in [-0.25, -0.2) is 9.97 Å². The van der Waals surface area contributed by atoms with Gasteiger partial charge in [0.1, 0.15) is 5.52 Å². The standard InChI is InChI=1S/C20H15N5O3/c26-16(27)10-15-17-18(22-11-21-17)24-20(23-15)25-19(28)14-8-4-7-13(9-14)12-5-2-1-3-6-12/h1-9,11H,10H2,(H,26,27)(H2,21,22,23,24,25,28). The molecule has 138 valence electrons. The smallest absolute Gasteiger partial charge is 0.309 e. The number of nitrogens with one attached hydrogen (secondary N) is 2. The van der Waals surface area contributed by atoms with Gasteiger partial charge in [-0.05, 0) is 23.3 Å². The first-order valence-corrected chi connectivity index (χ1v) is 8.49. The van der Waals surface area contributed by atoms with E-state index in [0.29, 0.717) is 16.7 Å². The molecule has 4 aromatic rings. The maximum Gasteiger partial charge on any atom is 0.309 e. The minimum atomic E-state index is -1.04. The van der Waals surface area contributed by atoms with Crippen LogP contribution in [0.5, 0.6) is 0 Å². The highest BCUT2D eigenvalue weighted by Crippen LogP contribution is 2.21. The third-order valence-electron chi connectivity index (χ3n) is 4.14. The van der Waals surface area contributed by atoms with Gasteiger partial charge in [0.15, 0.2) is 5.65 Å². The number of fused-ring (bicyclic) bond motifs is 1. The van der Waals surface area contributed by atoms with Crippen LogP contribution < -0.4 is 5.32 Å². The zero-order chi connectivity index (χ0) is 19.5. The normalized spacial score (nSPS) is 10.7. The van der Waals surface area contributed by atoms with E-state index in [0.717, 1.165) is 11.1 Å². The van der Waals surface area contributed by atoms with Crippen LogP contribution in [0.3, 0.4) is 0 Å². The van der Waals surface area contributed by atoms with E-state index in [4.69, 9.17) is 5.11 Å². The van der Waals surface area contributed by atoms with Gasteiger partial charge in [0.2, 0.25) is 5.95 Å². The molecule has 0 atom stereocenters. The molecule has 0 aliphatic heterocycles. The van der Waals surface area contributed by atoms with Gasteiger partial charge in [-0.3, -0.25) is 14.9 Å². The Labute approximate surface area is 159 Å². The summed E-state index contributed by atoms with van der Waals surface area (Å²) in [5.41, 5.74) is 3.32. The lowest BCUT2D eigenvalue weighted by Gasteiger charge is -2.08. The summed E-state index contributed by atoms with van der Waals surface area (Å²) in [5, 5.41) is 11.7. The van der Waals surface area contributed by atoms with Crippen molar-refractivity contribution in [3.8, 4) is 11.1 Å².